The van der Waals surface area contributed by atoms with Crippen LogP contribution in [0.4, 0.5) is 10.5 Å². The zero-order valence-corrected chi connectivity index (χ0v) is 14.7. The van der Waals surface area contributed by atoms with E-state index in [1.54, 1.807) is 23.1 Å². The molecule has 0 atom stereocenters. The number of amides is 2. The number of nitrogens with zero attached hydrogens (tertiary/aromatic N) is 1. The molecular weight excluding hydrogens is 304 g/mol. The van der Waals surface area contributed by atoms with Crippen molar-refractivity contribution in [2.45, 2.75) is 46.0 Å². The number of carbonyl (C=O) groups excluding carboxylic acids is 2. The molecule has 1 aliphatic rings. The molecule has 1 heterocycles. The molecule has 1 aromatic rings. The van der Waals surface area contributed by atoms with Crippen molar-refractivity contribution < 1.29 is 14.3 Å². The highest BCUT2D eigenvalue weighted by atomic mass is 16.6. The van der Waals surface area contributed by atoms with Crippen molar-refractivity contribution in [1.29, 1.82) is 0 Å². The van der Waals surface area contributed by atoms with Gasteiger partial charge >= 0.3 is 6.09 Å². The Labute approximate surface area is 144 Å². The van der Waals surface area contributed by atoms with Gasteiger partial charge < -0.3 is 10.1 Å². The lowest BCUT2D eigenvalue weighted by Gasteiger charge is -2.13. The van der Waals surface area contributed by atoms with Gasteiger partial charge in [-0.1, -0.05) is 45.6 Å². The van der Waals surface area contributed by atoms with Crippen LogP contribution in [-0.4, -0.2) is 31.7 Å². The fraction of sp³-hybridized carbons (Fsp3) is 0.579. The maximum atomic E-state index is 12.2. The molecule has 2 amide bonds. The number of nitrogens with one attached hydrogen (secondary N) is 1. The monoisotopic (exact) mass is 332 g/mol. The van der Waals surface area contributed by atoms with Crippen LogP contribution in [-0.2, 0) is 4.74 Å². The molecule has 1 fully saturated rings. The minimum atomic E-state index is -0.353. The van der Waals surface area contributed by atoms with E-state index < -0.39 is 0 Å². The second kappa shape index (κ2) is 9.30. The molecular formula is C19H28N2O3. The first kappa shape index (κ1) is 18.3. The first-order valence-corrected chi connectivity index (χ1v) is 8.90. The van der Waals surface area contributed by atoms with Gasteiger partial charge in [-0.25, -0.2) is 4.79 Å². The zero-order chi connectivity index (χ0) is 17.4. The van der Waals surface area contributed by atoms with Crippen molar-refractivity contribution >= 4 is 17.7 Å². The Kier molecular flexibility index (Phi) is 7.09. The Hall–Kier alpha value is -2.04. The predicted molar refractivity (Wildman–Crippen MR) is 95.4 cm³/mol. The predicted octanol–water partition coefficient (Wildman–Crippen LogP) is 3.98. The van der Waals surface area contributed by atoms with E-state index in [-0.39, 0.29) is 12.0 Å². The normalized spacial score (nSPS) is 14.1. The van der Waals surface area contributed by atoms with Gasteiger partial charge in [0, 0.05) is 17.8 Å². The summed E-state index contributed by atoms with van der Waals surface area (Å²) in [7, 11) is 0. The van der Waals surface area contributed by atoms with Crippen molar-refractivity contribution in [2.75, 3.05) is 24.6 Å². The van der Waals surface area contributed by atoms with Crippen LogP contribution in [0.3, 0.4) is 0 Å². The van der Waals surface area contributed by atoms with Crippen LogP contribution in [0.1, 0.15) is 56.3 Å². The number of cyclic esters (lactones) is 1. The van der Waals surface area contributed by atoms with Crippen LogP contribution in [0, 0.1) is 5.92 Å². The van der Waals surface area contributed by atoms with Gasteiger partial charge in [-0.2, -0.15) is 0 Å². The van der Waals surface area contributed by atoms with Crippen LogP contribution in [0.2, 0.25) is 0 Å². The largest absolute Gasteiger partial charge is 0.447 e. The Morgan fingerprint density at radius 2 is 2.04 bits per heavy atom. The minimum absolute atomic E-state index is 0.0911. The van der Waals surface area contributed by atoms with Gasteiger partial charge in [0.2, 0.25) is 0 Å². The number of ether oxygens (including phenoxy) is 1. The molecule has 0 aromatic heterocycles. The molecule has 0 radical (unpaired) electrons. The van der Waals surface area contributed by atoms with E-state index in [9.17, 15) is 9.59 Å². The molecule has 1 aliphatic heterocycles. The fourth-order valence-corrected chi connectivity index (χ4v) is 2.78. The summed E-state index contributed by atoms with van der Waals surface area (Å²) in [5, 5.41) is 2.95. The third-order valence-corrected chi connectivity index (χ3v) is 4.17. The molecule has 1 N–H and O–H groups in total. The number of hydrogen-bond donors (Lipinski definition) is 1. The molecule has 132 valence electrons. The summed E-state index contributed by atoms with van der Waals surface area (Å²) in [4.78, 5) is 25.4. The highest BCUT2D eigenvalue weighted by Gasteiger charge is 2.23. The van der Waals surface area contributed by atoms with Gasteiger partial charge in [0.1, 0.15) is 6.61 Å². The smallest absolute Gasteiger partial charge is 0.414 e. The lowest BCUT2D eigenvalue weighted by Crippen LogP contribution is -2.26. The van der Waals surface area contributed by atoms with Crippen molar-refractivity contribution in [3.8, 4) is 0 Å². The number of unbranched alkanes of at least 4 members (excludes halogenated alkanes) is 3. The Morgan fingerprint density at radius 3 is 2.75 bits per heavy atom. The lowest BCUT2D eigenvalue weighted by molar-refractivity contribution is 0.0953. The summed E-state index contributed by atoms with van der Waals surface area (Å²) in [6.07, 6.45) is 5.56. The summed E-state index contributed by atoms with van der Waals surface area (Å²) in [5.41, 5.74) is 1.28. The molecule has 0 bridgehead atoms. The molecule has 0 unspecified atom stereocenters. The Morgan fingerprint density at radius 1 is 1.25 bits per heavy atom. The standard InChI is InChI=1S/C19H28N2O3/c1-15(2)8-5-3-4-6-11-20-18(22)16-9-7-10-17(14-16)21-12-13-24-19(21)23/h7,9-10,14-15H,3-6,8,11-13H2,1-2H3,(H,20,22). The highest BCUT2D eigenvalue weighted by molar-refractivity contribution is 5.97. The molecule has 0 saturated carbocycles. The average molecular weight is 332 g/mol. The summed E-state index contributed by atoms with van der Waals surface area (Å²) in [5.74, 6) is 0.677. The quantitative estimate of drug-likeness (QED) is 0.696. The van der Waals surface area contributed by atoms with E-state index in [1.807, 2.05) is 6.07 Å². The number of anilines is 1. The van der Waals surface area contributed by atoms with Crippen molar-refractivity contribution in [3.63, 3.8) is 0 Å². The van der Waals surface area contributed by atoms with Gasteiger partial charge in [0.25, 0.3) is 5.91 Å². The van der Waals surface area contributed by atoms with E-state index in [2.05, 4.69) is 19.2 Å². The van der Waals surface area contributed by atoms with Crippen molar-refractivity contribution in [2.24, 2.45) is 5.92 Å². The van der Waals surface area contributed by atoms with E-state index in [0.717, 1.165) is 18.8 Å². The first-order chi connectivity index (χ1) is 11.6. The number of benzene rings is 1. The average Bonchev–Trinajstić information content (AvgIpc) is 2.99. The van der Waals surface area contributed by atoms with Crippen molar-refractivity contribution in [1.82, 2.24) is 5.32 Å². The molecule has 1 aromatic carbocycles. The lowest BCUT2D eigenvalue weighted by atomic mass is 10.0. The van der Waals surface area contributed by atoms with Crippen LogP contribution in [0.15, 0.2) is 24.3 Å². The molecule has 0 aliphatic carbocycles. The minimum Gasteiger partial charge on any atom is -0.447 e. The van der Waals surface area contributed by atoms with E-state index >= 15 is 0 Å². The van der Waals surface area contributed by atoms with Crippen LogP contribution >= 0.6 is 0 Å². The van der Waals surface area contributed by atoms with Gasteiger partial charge in [-0.15, -0.1) is 0 Å². The second-order valence-electron chi connectivity index (χ2n) is 6.67. The molecule has 2 rings (SSSR count). The molecule has 1 saturated heterocycles. The molecule has 5 heteroatoms. The van der Waals surface area contributed by atoms with Gasteiger partial charge in [0.05, 0.1) is 6.54 Å². The second-order valence-corrected chi connectivity index (χ2v) is 6.67. The number of hydrogen-bond acceptors (Lipinski definition) is 3. The first-order valence-electron chi connectivity index (χ1n) is 8.90. The summed E-state index contributed by atoms with van der Waals surface area (Å²) >= 11 is 0. The summed E-state index contributed by atoms with van der Waals surface area (Å²) in [6, 6.07) is 7.12. The van der Waals surface area contributed by atoms with Crippen LogP contribution < -0.4 is 10.2 Å². The van der Waals surface area contributed by atoms with Gasteiger partial charge in [0.15, 0.2) is 0 Å². The maximum absolute atomic E-state index is 12.2. The third kappa shape index (κ3) is 5.55. The topological polar surface area (TPSA) is 58.6 Å². The summed E-state index contributed by atoms with van der Waals surface area (Å²) in [6.45, 7) is 6.11. The SMILES string of the molecule is CC(C)CCCCCCNC(=O)c1cccc(N2CCOC2=O)c1. The third-order valence-electron chi connectivity index (χ3n) is 4.17. The molecule has 5 nitrogen and oxygen atoms in total. The highest BCUT2D eigenvalue weighted by Crippen LogP contribution is 2.20. The number of rotatable bonds is 9. The fourth-order valence-electron chi connectivity index (χ4n) is 2.78. The van der Waals surface area contributed by atoms with E-state index in [0.29, 0.717) is 30.9 Å². The maximum Gasteiger partial charge on any atom is 0.414 e. The molecule has 0 spiro atoms. The zero-order valence-electron chi connectivity index (χ0n) is 14.7. The molecule has 24 heavy (non-hydrogen) atoms. The van der Waals surface area contributed by atoms with E-state index in [4.69, 9.17) is 4.74 Å². The van der Waals surface area contributed by atoms with Gasteiger partial charge in [-0.3, -0.25) is 9.69 Å². The number of carbonyl (C=O) groups is 2. The van der Waals surface area contributed by atoms with Gasteiger partial charge in [-0.05, 0) is 30.5 Å². The van der Waals surface area contributed by atoms with Crippen LogP contribution in [0.5, 0.6) is 0 Å². The summed E-state index contributed by atoms with van der Waals surface area (Å²) < 4.78 is 4.93. The van der Waals surface area contributed by atoms with Crippen LogP contribution in [0.25, 0.3) is 0 Å². The Bertz CT molecular complexity index is 557. The Balaban J connectivity index is 1.73. The van der Waals surface area contributed by atoms with E-state index in [1.165, 1.54) is 19.3 Å². The van der Waals surface area contributed by atoms with Crippen molar-refractivity contribution in [3.05, 3.63) is 29.8 Å².